The lowest BCUT2D eigenvalue weighted by Crippen LogP contribution is -2.40. The molecule has 2 unspecified atom stereocenters. The molecular weight excluding hydrogens is 971 g/mol. The van der Waals surface area contributed by atoms with E-state index in [1.54, 1.807) is 0 Å². The highest BCUT2D eigenvalue weighted by atomic mass is 16.7. The SMILES string of the molecule is CCCCCCCCCCCCCCCCCCCCCCCCCCCCCCCCCCCC(=O)OC(COC(=O)CCCCCCCCCCCCCCCCCCCCCC)COC(OCC[N+](C)(C)C)C(=O)O. The summed E-state index contributed by atoms with van der Waals surface area (Å²) in [6.07, 6.45) is 69.4. The fourth-order valence-electron chi connectivity index (χ4n) is 10.8. The number of hydrogen-bond donors (Lipinski definition) is 1. The van der Waals surface area contributed by atoms with E-state index >= 15 is 0 Å². The van der Waals surface area contributed by atoms with Crippen molar-refractivity contribution in [1.29, 1.82) is 0 Å². The summed E-state index contributed by atoms with van der Waals surface area (Å²) >= 11 is 0. The summed E-state index contributed by atoms with van der Waals surface area (Å²) in [5.41, 5.74) is 0. The molecule has 0 rings (SSSR count). The van der Waals surface area contributed by atoms with E-state index in [0.717, 1.165) is 38.5 Å². The van der Waals surface area contributed by atoms with Crippen LogP contribution >= 0.6 is 0 Å². The number of ether oxygens (including phenoxy) is 4. The summed E-state index contributed by atoms with van der Waals surface area (Å²) in [4.78, 5) is 37.6. The molecule has 9 heteroatoms. The lowest BCUT2D eigenvalue weighted by molar-refractivity contribution is -0.870. The molecule has 0 bridgehead atoms. The summed E-state index contributed by atoms with van der Waals surface area (Å²) in [5, 5.41) is 9.73. The molecule has 0 aliphatic carbocycles. The maximum Gasteiger partial charge on any atom is 0.361 e. The van der Waals surface area contributed by atoms with Crippen LogP contribution in [0.4, 0.5) is 0 Å². The number of nitrogens with zero attached hydrogens (tertiary/aromatic N) is 1. The molecule has 0 aromatic carbocycles. The van der Waals surface area contributed by atoms with Crippen molar-refractivity contribution in [3.8, 4) is 0 Å². The topological polar surface area (TPSA) is 108 Å². The number of carboxylic acid groups (broad SMARTS) is 1. The first-order valence-electron chi connectivity index (χ1n) is 34.7. The fraction of sp³-hybridized carbons (Fsp3) is 0.957. The minimum absolute atomic E-state index is 0.172. The Morgan fingerprint density at radius 1 is 0.333 bits per heavy atom. The largest absolute Gasteiger partial charge is 0.477 e. The lowest BCUT2D eigenvalue weighted by Gasteiger charge is -2.25. The minimum Gasteiger partial charge on any atom is -0.477 e. The zero-order valence-corrected chi connectivity index (χ0v) is 53.1. The van der Waals surface area contributed by atoms with Gasteiger partial charge in [-0.1, -0.05) is 341 Å². The molecule has 0 aliphatic rings. The summed E-state index contributed by atoms with van der Waals surface area (Å²) in [6, 6.07) is 0. The third kappa shape index (κ3) is 61.9. The number of likely N-dealkylation sites (N-methyl/N-ethyl adjacent to an activating group) is 1. The van der Waals surface area contributed by atoms with Crippen molar-refractivity contribution >= 4 is 17.9 Å². The second-order valence-corrected chi connectivity index (χ2v) is 25.2. The normalized spacial score (nSPS) is 12.6. The summed E-state index contributed by atoms with van der Waals surface area (Å²) < 4.78 is 23.0. The van der Waals surface area contributed by atoms with Crippen molar-refractivity contribution < 1.29 is 42.9 Å². The van der Waals surface area contributed by atoms with E-state index in [4.69, 9.17) is 18.9 Å². The van der Waals surface area contributed by atoms with Crippen molar-refractivity contribution in [2.24, 2.45) is 0 Å². The highest BCUT2D eigenvalue weighted by molar-refractivity contribution is 5.71. The van der Waals surface area contributed by atoms with Gasteiger partial charge in [-0.25, -0.2) is 4.79 Å². The number of carbonyl (C=O) groups is 3. The van der Waals surface area contributed by atoms with Crippen LogP contribution < -0.4 is 0 Å². The fourth-order valence-corrected chi connectivity index (χ4v) is 10.8. The molecule has 78 heavy (non-hydrogen) atoms. The quantitative estimate of drug-likeness (QED) is 0.0278. The van der Waals surface area contributed by atoms with Gasteiger partial charge in [0, 0.05) is 12.8 Å². The number of aliphatic carboxylic acids is 1. The van der Waals surface area contributed by atoms with E-state index in [-0.39, 0.29) is 38.2 Å². The van der Waals surface area contributed by atoms with E-state index < -0.39 is 18.4 Å². The summed E-state index contributed by atoms with van der Waals surface area (Å²) in [5.74, 6) is -1.97. The number of carbonyl (C=O) groups excluding carboxylic acids is 2. The van der Waals surface area contributed by atoms with Crippen LogP contribution in [0.3, 0.4) is 0 Å². The molecule has 9 nitrogen and oxygen atoms in total. The van der Waals surface area contributed by atoms with E-state index in [9.17, 15) is 19.5 Å². The number of quaternary nitrogens is 1. The van der Waals surface area contributed by atoms with E-state index in [2.05, 4.69) is 13.8 Å². The average molecular weight is 1110 g/mol. The Morgan fingerprint density at radius 3 is 0.821 bits per heavy atom. The summed E-state index contributed by atoms with van der Waals surface area (Å²) in [7, 11) is 5.99. The molecule has 0 saturated carbocycles. The first-order chi connectivity index (χ1) is 38.1. The molecule has 0 radical (unpaired) electrons. The van der Waals surface area contributed by atoms with Crippen LogP contribution in [0, 0.1) is 0 Å². The molecule has 2 atom stereocenters. The molecule has 0 spiro atoms. The van der Waals surface area contributed by atoms with Crippen molar-refractivity contribution in [2.75, 3.05) is 47.5 Å². The molecule has 0 saturated heterocycles. The zero-order valence-electron chi connectivity index (χ0n) is 53.1. The van der Waals surface area contributed by atoms with Crippen LogP contribution in [-0.2, 0) is 33.3 Å². The summed E-state index contributed by atoms with van der Waals surface area (Å²) in [6.45, 7) is 4.97. The van der Waals surface area contributed by atoms with Crippen molar-refractivity contribution in [3.63, 3.8) is 0 Å². The third-order valence-electron chi connectivity index (χ3n) is 16.1. The average Bonchev–Trinajstić information content (AvgIpc) is 3.41. The van der Waals surface area contributed by atoms with Crippen molar-refractivity contribution in [3.05, 3.63) is 0 Å². The standard InChI is InChI=1S/C69H135NO8/c1-6-8-10-12-14-16-18-20-22-24-26-28-29-30-31-32-33-34-35-36-37-38-39-40-42-44-46-48-50-52-54-56-58-60-67(72)78-65(64-77-69(68(73)74)75-62-61-70(3,4)5)63-76-66(71)59-57-55-53-51-49-47-45-43-41-27-25-23-21-19-17-15-13-11-9-7-2/h65,69H,6-64H2,1-5H3/p+1. The maximum atomic E-state index is 12.9. The van der Waals surface area contributed by atoms with Gasteiger partial charge in [0.25, 0.3) is 6.29 Å². The van der Waals surface area contributed by atoms with Gasteiger partial charge in [-0.15, -0.1) is 0 Å². The first-order valence-corrected chi connectivity index (χ1v) is 34.7. The van der Waals surface area contributed by atoms with Gasteiger partial charge in [0.15, 0.2) is 6.10 Å². The Labute approximate surface area is 485 Å². The highest BCUT2D eigenvalue weighted by Gasteiger charge is 2.25. The predicted molar refractivity (Wildman–Crippen MR) is 332 cm³/mol. The Bertz CT molecular complexity index is 1240. The number of carboxylic acids is 1. The minimum atomic E-state index is -1.50. The van der Waals surface area contributed by atoms with Gasteiger partial charge < -0.3 is 28.5 Å². The van der Waals surface area contributed by atoms with Crippen LogP contribution in [0.25, 0.3) is 0 Å². The smallest absolute Gasteiger partial charge is 0.361 e. The van der Waals surface area contributed by atoms with Gasteiger partial charge >= 0.3 is 17.9 Å². The van der Waals surface area contributed by atoms with Gasteiger partial charge in [0.1, 0.15) is 13.2 Å². The molecule has 0 aromatic rings. The number of rotatable bonds is 66. The van der Waals surface area contributed by atoms with Crippen LogP contribution in [0.1, 0.15) is 367 Å². The maximum absolute atomic E-state index is 12.9. The van der Waals surface area contributed by atoms with Gasteiger partial charge in [0.2, 0.25) is 0 Å². The van der Waals surface area contributed by atoms with E-state index in [0.29, 0.717) is 17.4 Å². The third-order valence-corrected chi connectivity index (χ3v) is 16.1. The molecule has 0 amide bonds. The van der Waals surface area contributed by atoms with Gasteiger partial charge in [-0.3, -0.25) is 9.59 Å². The molecule has 0 aliphatic heterocycles. The Hall–Kier alpha value is -1.71. The van der Waals surface area contributed by atoms with E-state index in [1.807, 2.05) is 21.1 Å². The molecule has 1 N–H and O–H groups in total. The second-order valence-electron chi connectivity index (χ2n) is 25.2. The first kappa shape index (κ1) is 76.3. The Morgan fingerprint density at radius 2 is 0.577 bits per heavy atom. The lowest BCUT2D eigenvalue weighted by atomic mass is 10.0. The monoisotopic (exact) mass is 1110 g/mol. The zero-order chi connectivity index (χ0) is 56.9. The van der Waals surface area contributed by atoms with Crippen LogP contribution in [0.15, 0.2) is 0 Å². The van der Waals surface area contributed by atoms with E-state index in [1.165, 1.54) is 302 Å². The van der Waals surface area contributed by atoms with Gasteiger partial charge in [0.05, 0.1) is 34.4 Å². The van der Waals surface area contributed by atoms with Crippen molar-refractivity contribution in [2.45, 2.75) is 379 Å². The number of esters is 2. The predicted octanol–water partition coefficient (Wildman–Crippen LogP) is 21.1. The molecule has 464 valence electrons. The van der Waals surface area contributed by atoms with Crippen LogP contribution in [0.5, 0.6) is 0 Å². The molecule has 0 aromatic heterocycles. The molecular formula is C69H136NO8+. The van der Waals surface area contributed by atoms with Crippen LogP contribution in [-0.4, -0.2) is 87.4 Å². The second kappa shape index (κ2) is 61.4. The number of unbranched alkanes of at least 4 members (excludes halogenated alkanes) is 51. The van der Waals surface area contributed by atoms with Crippen molar-refractivity contribution in [1.82, 2.24) is 0 Å². The molecule has 0 heterocycles. The van der Waals surface area contributed by atoms with Crippen LogP contribution in [0.2, 0.25) is 0 Å². The number of hydrogen-bond acceptors (Lipinski definition) is 7. The Balaban J connectivity index is 4.01. The highest BCUT2D eigenvalue weighted by Crippen LogP contribution is 2.19. The molecule has 0 fully saturated rings. The van der Waals surface area contributed by atoms with Gasteiger partial charge in [-0.2, -0.15) is 0 Å². The Kier molecular flexibility index (Phi) is 60.0. The van der Waals surface area contributed by atoms with Gasteiger partial charge in [-0.05, 0) is 12.8 Å².